The Morgan fingerprint density at radius 3 is 2.46 bits per heavy atom. The molecule has 0 spiro atoms. The minimum absolute atomic E-state index is 0.0599. The predicted molar refractivity (Wildman–Crippen MR) is 143 cm³/mol. The van der Waals surface area contributed by atoms with Crippen LogP contribution in [-0.4, -0.2) is 72.9 Å². The van der Waals surface area contributed by atoms with E-state index in [0.717, 1.165) is 57.5 Å². The summed E-state index contributed by atoms with van der Waals surface area (Å²) >= 11 is 6.33. The minimum atomic E-state index is -0.859. The number of ether oxygens (including phenoxy) is 2. The number of piperidine rings is 1. The van der Waals surface area contributed by atoms with Gasteiger partial charge in [-0.05, 0) is 49.4 Å². The molecule has 1 N–H and O–H groups in total. The zero-order valence-electron chi connectivity index (χ0n) is 22.1. The van der Waals surface area contributed by atoms with E-state index in [9.17, 15) is 14.3 Å². The van der Waals surface area contributed by atoms with Gasteiger partial charge >= 0.3 is 0 Å². The number of rotatable bonds is 9. The third kappa shape index (κ3) is 6.39. The second-order valence-corrected chi connectivity index (χ2v) is 11.3. The quantitative estimate of drug-likeness (QED) is 0.450. The molecule has 2 aliphatic rings. The molecule has 37 heavy (non-hydrogen) atoms. The van der Waals surface area contributed by atoms with Crippen LogP contribution in [0.1, 0.15) is 55.5 Å². The SMILES string of the molecule is COc1cc(OCCCN2CCC(O)(Cc3ccc(F)cc3)C(C)(C)C2)c(C(=O)N2CCCC2)cc1Cl. The Morgan fingerprint density at radius 2 is 1.81 bits per heavy atom. The Bertz CT molecular complexity index is 1090. The number of carbonyl (C=O) groups is 1. The second kappa shape index (κ2) is 11.6. The van der Waals surface area contributed by atoms with Gasteiger partial charge in [0.05, 0.1) is 29.9 Å². The molecule has 6 nitrogen and oxygen atoms in total. The summed E-state index contributed by atoms with van der Waals surface area (Å²) in [5.41, 5.74) is 0.219. The van der Waals surface area contributed by atoms with Crippen molar-refractivity contribution in [2.24, 2.45) is 5.41 Å². The molecule has 202 valence electrons. The number of hydrogen-bond donors (Lipinski definition) is 1. The van der Waals surface area contributed by atoms with Gasteiger partial charge in [-0.25, -0.2) is 4.39 Å². The molecule has 0 aromatic heterocycles. The summed E-state index contributed by atoms with van der Waals surface area (Å²) in [6.45, 7) is 8.47. The smallest absolute Gasteiger partial charge is 0.257 e. The summed E-state index contributed by atoms with van der Waals surface area (Å²) in [5, 5.41) is 11.9. The Morgan fingerprint density at radius 1 is 1.11 bits per heavy atom. The normalized spacial score (nSPS) is 21.7. The monoisotopic (exact) mass is 532 g/mol. The van der Waals surface area contributed by atoms with Gasteiger partial charge in [-0.15, -0.1) is 0 Å². The van der Waals surface area contributed by atoms with E-state index < -0.39 is 5.60 Å². The van der Waals surface area contributed by atoms with Gasteiger partial charge in [-0.2, -0.15) is 0 Å². The van der Waals surface area contributed by atoms with Crippen molar-refractivity contribution < 1.29 is 23.8 Å². The zero-order valence-corrected chi connectivity index (χ0v) is 22.8. The standard InChI is InChI=1S/C29H38ClFN2O4/c1-28(2)20-32(15-11-29(28,35)19-21-7-9-22(31)10-8-21)12-6-16-37-25-18-26(36-3)24(30)17-23(25)27(34)33-13-4-5-14-33/h7-10,17-18,35H,4-6,11-16,19-20H2,1-3H3. The van der Waals surface area contributed by atoms with Crippen LogP contribution in [0.2, 0.25) is 5.02 Å². The summed E-state index contributed by atoms with van der Waals surface area (Å²) in [4.78, 5) is 17.3. The molecule has 0 saturated carbocycles. The van der Waals surface area contributed by atoms with Gasteiger partial charge in [-0.1, -0.05) is 37.6 Å². The third-order valence-electron chi connectivity index (χ3n) is 7.88. The van der Waals surface area contributed by atoms with Gasteiger partial charge in [0.15, 0.2) is 0 Å². The van der Waals surface area contributed by atoms with Crippen molar-refractivity contribution in [3.63, 3.8) is 0 Å². The molecule has 2 aromatic rings. The van der Waals surface area contributed by atoms with E-state index >= 15 is 0 Å². The number of likely N-dealkylation sites (tertiary alicyclic amines) is 2. The zero-order chi connectivity index (χ0) is 26.6. The second-order valence-electron chi connectivity index (χ2n) is 10.9. The average Bonchev–Trinajstić information content (AvgIpc) is 3.41. The lowest BCUT2D eigenvalue weighted by atomic mass is 9.67. The molecule has 1 unspecified atom stereocenters. The highest BCUT2D eigenvalue weighted by molar-refractivity contribution is 6.32. The fraction of sp³-hybridized carbons (Fsp3) is 0.552. The predicted octanol–water partition coefficient (Wildman–Crippen LogP) is 5.20. The first-order valence-electron chi connectivity index (χ1n) is 13.1. The highest BCUT2D eigenvalue weighted by Gasteiger charge is 2.47. The number of halogens is 2. The molecule has 2 fully saturated rings. The number of benzene rings is 2. The maximum absolute atomic E-state index is 13.3. The van der Waals surface area contributed by atoms with Crippen LogP contribution in [0.25, 0.3) is 0 Å². The minimum Gasteiger partial charge on any atom is -0.495 e. The van der Waals surface area contributed by atoms with E-state index in [-0.39, 0.29) is 17.1 Å². The van der Waals surface area contributed by atoms with Crippen LogP contribution in [0, 0.1) is 11.2 Å². The summed E-state index contributed by atoms with van der Waals surface area (Å²) in [6.07, 6.45) is 3.94. The first-order valence-corrected chi connectivity index (χ1v) is 13.5. The lowest BCUT2D eigenvalue weighted by molar-refractivity contribution is -0.118. The Hall–Kier alpha value is -2.35. The van der Waals surface area contributed by atoms with Crippen LogP contribution >= 0.6 is 11.6 Å². The van der Waals surface area contributed by atoms with Gasteiger partial charge in [-0.3, -0.25) is 4.79 Å². The Labute approximate surface area is 224 Å². The molecule has 1 amide bonds. The van der Waals surface area contributed by atoms with E-state index in [1.54, 1.807) is 31.4 Å². The number of aliphatic hydroxyl groups is 1. The summed E-state index contributed by atoms with van der Waals surface area (Å²) in [6, 6.07) is 9.74. The molecule has 2 aromatic carbocycles. The summed E-state index contributed by atoms with van der Waals surface area (Å²) in [7, 11) is 1.54. The van der Waals surface area contributed by atoms with Crippen LogP contribution < -0.4 is 9.47 Å². The van der Waals surface area contributed by atoms with E-state index in [4.69, 9.17) is 21.1 Å². The van der Waals surface area contributed by atoms with E-state index in [0.29, 0.717) is 41.5 Å². The maximum atomic E-state index is 13.3. The molecule has 0 aliphatic carbocycles. The van der Waals surface area contributed by atoms with E-state index in [1.807, 2.05) is 4.90 Å². The molecule has 2 saturated heterocycles. The summed E-state index contributed by atoms with van der Waals surface area (Å²) < 4.78 is 24.7. The van der Waals surface area contributed by atoms with Crippen LogP contribution in [0.4, 0.5) is 4.39 Å². The van der Waals surface area contributed by atoms with E-state index in [2.05, 4.69) is 18.7 Å². The third-order valence-corrected chi connectivity index (χ3v) is 8.18. The Kier molecular flexibility index (Phi) is 8.66. The van der Waals surface area contributed by atoms with Gasteiger partial charge < -0.3 is 24.4 Å². The molecule has 8 heteroatoms. The van der Waals surface area contributed by atoms with Crippen molar-refractivity contribution >= 4 is 17.5 Å². The number of hydrogen-bond acceptors (Lipinski definition) is 5. The van der Waals surface area contributed by atoms with Crippen LogP contribution in [0.15, 0.2) is 36.4 Å². The van der Waals surface area contributed by atoms with Gasteiger partial charge in [0, 0.05) is 50.6 Å². The maximum Gasteiger partial charge on any atom is 0.257 e. The van der Waals surface area contributed by atoms with Crippen molar-refractivity contribution in [2.45, 2.75) is 51.6 Å². The van der Waals surface area contributed by atoms with Crippen molar-refractivity contribution in [3.8, 4) is 11.5 Å². The summed E-state index contributed by atoms with van der Waals surface area (Å²) in [5.74, 6) is 0.644. The van der Waals surface area contributed by atoms with Gasteiger partial charge in [0.1, 0.15) is 17.3 Å². The highest BCUT2D eigenvalue weighted by atomic mass is 35.5. The lowest BCUT2D eigenvalue weighted by Crippen LogP contribution is -2.58. The average molecular weight is 533 g/mol. The topological polar surface area (TPSA) is 62.2 Å². The number of nitrogens with zero attached hydrogens (tertiary/aromatic N) is 2. The fourth-order valence-corrected chi connectivity index (χ4v) is 5.70. The molecule has 2 heterocycles. The highest BCUT2D eigenvalue weighted by Crippen LogP contribution is 2.41. The molecular formula is C29H38ClFN2O4. The molecule has 1 atom stereocenters. The van der Waals surface area contributed by atoms with Crippen molar-refractivity contribution in [1.82, 2.24) is 9.80 Å². The molecule has 0 radical (unpaired) electrons. The first kappa shape index (κ1) is 27.7. The largest absolute Gasteiger partial charge is 0.495 e. The fourth-order valence-electron chi connectivity index (χ4n) is 5.46. The number of methoxy groups -OCH3 is 1. The Balaban J connectivity index is 1.33. The van der Waals surface area contributed by atoms with Gasteiger partial charge in [0.2, 0.25) is 0 Å². The molecule has 0 bridgehead atoms. The first-order chi connectivity index (χ1) is 17.6. The number of carbonyl (C=O) groups excluding carboxylic acids is 1. The van der Waals surface area contributed by atoms with Crippen LogP contribution in [0.3, 0.4) is 0 Å². The van der Waals surface area contributed by atoms with E-state index in [1.165, 1.54) is 12.1 Å². The van der Waals surface area contributed by atoms with Crippen LogP contribution in [-0.2, 0) is 6.42 Å². The van der Waals surface area contributed by atoms with Crippen molar-refractivity contribution in [3.05, 3.63) is 58.4 Å². The number of amides is 1. The lowest BCUT2D eigenvalue weighted by Gasteiger charge is -2.50. The van der Waals surface area contributed by atoms with Crippen LogP contribution in [0.5, 0.6) is 11.5 Å². The van der Waals surface area contributed by atoms with Gasteiger partial charge in [0.25, 0.3) is 5.91 Å². The molecular weight excluding hydrogens is 495 g/mol. The van der Waals surface area contributed by atoms with Crippen molar-refractivity contribution in [2.75, 3.05) is 46.4 Å². The molecule has 2 aliphatic heterocycles. The van der Waals surface area contributed by atoms with Crippen molar-refractivity contribution in [1.29, 1.82) is 0 Å². The molecule has 4 rings (SSSR count).